The topological polar surface area (TPSA) is 29.3 Å². The third-order valence-electron chi connectivity index (χ3n) is 3.10. The average Bonchev–Trinajstić information content (AvgIpc) is 2.16. The second kappa shape index (κ2) is 4.83. The minimum Gasteiger partial charge on any atom is -0.329 e. The SMILES string of the molecule is CCC(C)N1CCCCC1CN. The zero-order chi connectivity index (χ0) is 8.97. The molecule has 2 nitrogen and oxygen atoms in total. The molecular weight excluding hydrogens is 148 g/mol. The fraction of sp³-hybridized carbons (Fsp3) is 1.00. The molecule has 0 radical (unpaired) electrons. The highest BCUT2D eigenvalue weighted by molar-refractivity contribution is 4.80. The van der Waals surface area contributed by atoms with E-state index in [1.165, 1.54) is 32.2 Å². The number of rotatable bonds is 3. The number of hydrogen-bond acceptors (Lipinski definition) is 2. The molecule has 2 N–H and O–H groups in total. The molecule has 72 valence electrons. The van der Waals surface area contributed by atoms with E-state index < -0.39 is 0 Å². The minimum absolute atomic E-state index is 0.661. The van der Waals surface area contributed by atoms with Crippen LogP contribution in [0, 0.1) is 0 Å². The van der Waals surface area contributed by atoms with Crippen molar-refractivity contribution >= 4 is 0 Å². The van der Waals surface area contributed by atoms with Crippen molar-refractivity contribution in [3.05, 3.63) is 0 Å². The predicted octanol–water partition coefficient (Wildman–Crippen LogP) is 1.60. The van der Waals surface area contributed by atoms with Crippen molar-refractivity contribution < 1.29 is 0 Å². The Morgan fingerprint density at radius 2 is 2.25 bits per heavy atom. The summed E-state index contributed by atoms with van der Waals surface area (Å²) in [5, 5.41) is 0. The largest absolute Gasteiger partial charge is 0.329 e. The zero-order valence-corrected chi connectivity index (χ0v) is 8.42. The smallest absolute Gasteiger partial charge is 0.0221 e. The standard InChI is InChI=1S/C10H22N2/c1-3-9(2)12-7-5-4-6-10(12)8-11/h9-10H,3-8,11H2,1-2H3. The van der Waals surface area contributed by atoms with Gasteiger partial charge in [0.15, 0.2) is 0 Å². The molecule has 1 rings (SSSR count). The molecule has 1 aliphatic heterocycles. The third kappa shape index (κ3) is 2.20. The first kappa shape index (κ1) is 10.0. The van der Waals surface area contributed by atoms with Gasteiger partial charge in [-0.1, -0.05) is 13.3 Å². The molecule has 2 unspecified atom stereocenters. The Morgan fingerprint density at radius 3 is 2.83 bits per heavy atom. The zero-order valence-electron chi connectivity index (χ0n) is 8.42. The Bertz CT molecular complexity index is 125. The molecule has 0 spiro atoms. The van der Waals surface area contributed by atoms with Crippen LogP contribution in [0.4, 0.5) is 0 Å². The maximum absolute atomic E-state index is 5.74. The Kier molecular flexibility index (Phi) is 4.02. The summed E-state index contributed by atoms with van der Waals surface area (Å²) in [6.45, 7) is 6.67. The van der Waals surface area contributed by atoms with Gasteiger partial charge in [-0.3, -0.25) is 4.90 Å². The van der Waals surface area contributed by atoms with Crippen LogP contribution in [-0.2, 0) is 0 Å². The van der Waals surface area contributed by atoms with Crippen LogP contribution in [0.1, 0.15) is 39.5 Å². The first-order chi connectivity index (χ1) is 5.79. The Hall–Kier alpha value is -0.0800. The maximum Gasteiger partial charge on any atom is 0.0221 e. The van der Waals surface area contributed by atoms with Gasteiger partial charge >= 0.3 is 0 Å². The van der Waals surface area contributed by atoms with Gasteiger partial charge in [-0.2, -0.15) is 0 Å². The summed E-state index contributed by atoms with van der Waals surface area (Å²) < 4.78 is 0. The van der Waals surface area contributed by atoms with Crippen LogP contribution in [0.2, 0.25) is 0 Å². The Labute approximate surface area is 76.1 Å². The molecule has 0 aliphatic carbocycles. The molecule has 0 bridgehead atoms. The van der Waals surface area contributed by atoms with Gasteiger partial charge in [-0.25, -0.2) is 0 Å². The molecule has 1 saturated heterocycles. The maximum atomic E-state index is 5.74. The van der Waals surface area contributed by atoms with E-state index in [0.29, 0.717) is 6.04 Å². The third-order valence-corrected chi connectivity index (χ3v) is 3.10. The van der Waals surface area contributed by atoms with Gasteiger partial charge in [0.05, 0.1) is 0 Å². The summed E-state index contributed by atoms with van der Waals surface area (Å²) in [6, 6.07) is 1.38. The van der Waals surface area contributed by atoms with Crippen LogP contribution in [0.5, 0.6) is 0 Å². The number of piperidine rings is 1. The summed E-state index contributed by atoms with van der Waals surface area (Å²) in [7, 11) is 0. The number of likely N-dealkylation sites (tertiary alicyclic amines) is 1. The van der Waals surface area contributed by atoms with Crippen molar-refractivity contribution in [2.45, 2.75) is 51.6 Å². The van der Waals surface area contributed by atoms with Crippen LogP contribution < -0.4 is 5.73 Å². The summed E-state index contributed by atoms with van der Waals surface area (Å²) in [5.74, 6) is 0. The van der Waals surface area contributed by atoms with Crippen LogP contribution in [0.3, 0.4) is 0 Å². The lowest BCUT2D eigenvalue weighted by Crippen LogP contribution is -2.48. The van der Waals surface area contributed by atoms with Gasteiger partial charge < -0.3 is 5.73 Å². The molecule has 0 aromatic carbocycles. The summed E-state index contributed by atoms with van der Waals surface area (Å²) in [4.78, 5) is 2.59. The van der Waals surface area contributed by atoms with Crippen LogP contribution >= 0.6 is 0 Å². The number of nitrogens with two attached hydrogens (primary N) is 1. The van der Waals surface area contributed by atoms with Crippen LogP contribution in [0.15, 0.2) is 0 Å². The minimum atomic E-state index is 0.661. The molecule has 0 amide bonds. The molecule has 2 heteroatoms. The van der Waals surface area contributed by atoms with E-state index in [0.717, 1.165) is 12.6 Å². The van der Waals surface area contributed by atoms with E-state index in [1.807, 2.05) is 0 Å². The summed E-state index contributed by atoms with van der Waals surface area (Å²) in [5.41, 5.74) is 5.74. The second-order valence-corrected chi connectivity index (χ2v) is 3.88. The Balaban J connectivity index is 2.46. The van der Waals surface area contributed by atoms with Crippen LogP contribution in [0.25, 0.3) is 0 Å². The molecule has 0 aromatic heterocycles. The van der Waals surface area contributed by atoms with Crippen molar-refractivity contribution in [2.24, 2.45) is 5.73 Å². The number of hydrogen-bond donors (Lipinski definition) is 1. The normalized spacial score (nSPS) is 28.8. The predicted molar refractivity (Wildman–Crippen MR) is 53.2 cm³/mol. The highest BCUT2D eigenvalue weighted by Gasteiger charge is 2.23. The van der Waals surface area contributed by atoms with Gasteiger partial charge in [0.2, 0.25) is 0 Å². The lowest BCUT2D eigenvalue weighted by atomic mass is 9.99. The van der Waals surface area contributed by atoms with Crippen molar-refractivity contribution in [1.82, 2.24) is 4.90 Å². The van der Waals surface area contributed by atoms with Gasteiger partial charge in [-0.15, -0.1) is 0 Å². The van der Waals surface area contributed by atoms with Gasteiger partial charge in [0.1, 0.15) is 0 Å². The first-order valence-corrected chi connectivity index (χ1v) is 5.25. The van der Waals surface area contributed by atoms with E-state index >= 15 is 0 Å². The monoisotopic (exact) mass is 170 g/mol. The molecule has 1 heterocycles. The number of nitrogens with zero attached hydrogens (tertiary/aromatic N) is 1. The summed E-state index contributed by atoms with van der Waals surface area (Å²) >= 11 is 0. The lowest BCUT2D eigenvalue weighted by molar-refractivity contribution is 0.105. The molecular formula is C10H22N2. The highest BCUT2D eigenvalue weighted by atomic mass is 15.2. The van der Waals surface area contributed by atoms with Crippen LogP contribution in [-0.4, -0.2) is 30.1 Å². The van der Waals surface area contributed by atoms with E-state index in [9.17, 15) is 0 Å². The average molecular weight is 170 g/mol. The van der Waals surface area contributed by atoms with Gasteiger partial charge in [0.25, 0.3) is 0 Å². The van der Waals surface area contributed by atoms with Crippen molar-refractivity contribution in [3.63, 3.8) is 0 Å². The van der Waals surface area contributed by atoms with E-state index in [2.05, 4.69) is 18.7 Å². The van der Waals surface area contributed by atoms with Crippen molar-refractivity contribution in [3.8, 4) is 0 Å². The highest BCUT2D eigenvalue weighted by Crippen LogP contribution is 2.19. The van der Waals surface area contributed by atoms with Gasteiger partial charge in [0, 0.05) is 18.6 Å². The van der Waals surface area contributed by atoms with E-state index in [4.69, 9.17) is 5.73 Å². The molecule has 1 fully saturated rings. The van der Waals surface area contributed by atoms with Crippen molar-refractivity contribution in [1.29, 1.82) is 0 Å². The molecule has 2 atom stereocenters. The van der Waals surface area contributed by atoms with E-state index in [1.54, 1.807) is 0 Å². The quantitative estimate of drug-likeness (QED) is 0.697. The van der Waals surface area contributed by atoms with E-state index in [-0.39, 0.29) is 0 Å². The lowest BCUT2D eigenvalue weighted by Gasteiger charge is -2.39. The second-order valence-electron chi connectivity index (χ2n) is 3.88. The summed E-state index contributed by atoms with van der Waals surface area (Å²) in [6.07, 6.45) is 5.28. The molecule has 0 saturated carbocycles. The first-order valence-electron chi connectivity index (χ1n) is 5.25. The fourth-order valence-electron chi connectivity index (χ4n) is 2.09. The fourth-order valence-corrected chi connectivity index (χ4v) is 2.09. The molecule has 12 heavy (non-hydrogen) atoms. The van der Waals surface area contributed by atoms with Gasteiger partial charge in [-0.05, 0) is 32.7 Å². The Morgan fingerprint density at radius 1 is 1.50 bits per heavy atom. The van der Waals surface area contributed by atoms with Crippen molar-refractivity contribution in [2.75, 3.05) is 13.1 Å². The molecule has 1 aliphatic rings. The molecule has 0 aromatic rings.